The van der Waals surface area contributed by atoms with Crippen LogP contribution in [0, 0.1) is 17.8 Å². The lowest BCUT2D eigenvalue weighted by Crippen LogP contribution is -2.43. The first kappa shape index (κ1) is 14.5. The minimum absolute atomic E-state index is 0.244. The quantitative estimate of drug-likeness (QED) is 0.839. The molecule has 2 aromatic rings. The van der Waals surface area contributed by atoms with E-state index in [4.69, 9.17) is 4.42 Å². The van der Waals surface area contributed by atoms with Crippen LogP contribution in [0.2, 0.25) is 0 Å². The number of carbonyl (C=O) groups is 1. The van der Waals surface area contributed by atoms with Crippen LogP contribution < -0.4 is 0 Å². The largest absolute Gasteiger partial charge is 0.440 e. The third kappa shape index (κ3) is 2.35. The highest BCUT2D eigenvalue weighted by Gasteiger charge is 2.45. The summed E-state index contributed by atoms with van der Waals surface area (Å²) in [4.78, 5) is 19.8. The Hall–Kier alpha value is -1.84. The number of aromatic nitrogens is 1. The van der Waals surface area contributed by atoms with E-state index in [1.807, 2.05) is 24.3 Å². The van der Waals surface area contributed by atoms with Gasteiger partial charge in [-0.2, -0.15) is 0 Å². The molecule has 5 rings (SSSR count). The van der Waals surface area contributed by atoms with Crippen molar-refractivity contribution in [3.63, 3.8) is 0 Å². The standard InChI is InChI=1S/C20H24N2O2/c23-20(16-11-13-7-8-14(16)10-13)22-9-3-4-15(12-22)19-21-17-5-1-2-6-18(17)24-19/h1-2,5-6,13-16H,3-4,7-12H2/t13-,14-,15+,16+/m0/s1. The average molecular weight is 324 g/mol. The summed E-state index contributed by atoms with van der Waals surface area (Å²) in [6.07, 6.45) is 7.15. The predicted molar refractivity (Wildman–Crippen MR) is 91.5 cm³/mol. The Labute approximate surface area is 142 Å². The number of para-hydroxylation sites is 2. The van der Waals surface area contributed by atoms with Crippen molar-refractivity contribution in [1.82, 2.24) is 9.88 Å². The lowest BCUT2D eigenvalue weighted by atomic mass is 9.86. The van der Waals surface area contributed by atoms with Crippen molar-refractivity contribution in [1.29, 1.82) is 0 Å². The van der Waals surface area contributed by atoms with E-state index in [2.05, 4.69) is 9.88 Å². The minimum atomic E-state index is 0.244. The number of amides is 1. The maximum Gasteiger partial charge on any atom is 0.225 e. The Kier molecular flexibility index (Phi) is 3.39. The number of fused-ring (bicyclic) bond motifs is 3. The molecule has 1 aromatic heterocycles. The monoisotopic (exact) mass is 324 g/mol. The number of oxazole rings is 1. The molecule has 4 nitrogen and oxygen atoms in total. The van der Waals surface area contributed by atoms with Crippen molar-refractivity contribution >= 4 is 17.0 Å². The number of carbonyl (C=O) groups excluding carboxylic acids is 1. The SMILES string of the molecule is O=C([C@@H]1C[C@H]2CC[C@H]1C2)N1CCC[C@@H](c2nc3ccccc3o2)C1. The predicted octanol–water partition coefficient (Wildman–Crippen LogP) is 3.97. The van der Waals surface area contributed by atoms with E-state index in [0.29, 0.717) is 17.7 Å². The molecule has 24 heavy (non-hydrogen) atoms. The molecule has 0 radical (unpaired) electrons. The zero-order valence-electron chi connectivity index (χ0n) is 14.0. The lowest BCUT2D eigenvalue weighted by molar-refractivity contribution is -0.138. The molecule has 2 saturated carbocycles. The van der Waals surface area contributed by atoms with Gasteiger partial charge in [0.1, 0.15) is 5.52 Å². The molecule has 3 aliphatic rings. The summed E-state index contributed by atoms with van der Waals surface area (Å²) in [5, 5.41) is 0. The van der Waals surface area contributed by atoms with E-state index < -0.39 is 0 Å². The first-order chi connectivity index (χ1) is 11.8. The summed E-state index contributed by atoms with van der Waals surface area (Å²) in [7, 11) is 0. The first-order valence-electron chi connectivity index (χ1n) is 9.42. The Bertz CT molecular complexity index is 735. The second-order valence-electron chi connectivity index (χ2n) is 7.92. The van der Waals surface area contributed by atoms with Crippen molar-refractivity contribution in [3.05, 3.63) is 30.2 Å². The van der Waals surface area contributed by atoms with Crippen molar-refractivity contribution in [2.24, 2.45) is 17.8 Å². The maximum absolute atomic E-state index is 13.0. The summed E-state index contributed by atoms with van der Waals surface area (Å²) in [5.74, 6) is 3.23. The van der Waals surface area contributed by atoms with E-state index in [9.17, 15) is 4.79 Å². The second kappa shape index (κ2) is 5.61. The van der Waals surface area contributed by atoms with Gasteiger partial charge in [0.2, 0.25) is 5.91 Å². The zero-order chi connectivity index (χ0) is 16.1. The van der Waals surface area contributed by atoms with Crippen molar-refractivity contribution < 1.29 is 9.21 Å². The molecule has 0 unspecified atom stereocenters. The molecule has 1 aliphatic heterocycles. The van der Waals surface area contributed by atoms with Gasteiger partial charge < -0.3 is 9.32 Å². The molecule has 0 N–H and O–H groups in total. The number of piperidine rings is 1. The molecule has 1 saturated heterocycles. The van der Waals surface area contributed by atoms with Crippen LogP contribution in [0.3, 0.4) is 0 Å². The maximum atomic E-state index is 13.0. The van der Waals surface area contributed by atoms with Crippen LogP contribution >= 0.6 is 0 Å². The highest BCUT2D eigenvalue weighted by Crippen LogP contribution is 2.49. The van der Waals surface area contributed by atoms with Gasteiger partial charge >= 0.3 is 0 Å². The van der Waals surface area contributed by atoms with Crippen molar-refractivity contribution in [3.8, 4) is 0 Å². The fourth-order valence-electron chi connectivity index (χ4n) is 5.23. The zero-order valence-corrected chi connectivity index (χ0v) is 14.0. The highest BCUT2D eigenvalue weighted by molar-refractivity contribution is 5.80. The van der Waals surface area contributed by atoms with Gasteiger partial charge in [0.15, 0.2) is 11.5 Å². The highest BCUT2D eigenvalue weighted by atomic mass is 16.3. The summed E-state index contributed by atoms with van der Waals surface area (Å²) >= 11 is 0. The molecular weight excluding hydrogens is 300 g/mol. The molecular formula is C20H24N2O2. The fourth-order valence-corrected chi connectivity index (χ4v) is 5.23. The van der Waals surface area contributed by atoms with E-state index in [-0.39, 0.29) is 5.92 Å². The summed E-state index contributed by atoms with van der Waals surface area (Å²) < 4.78 is 5.96. The molecule has 2 aliphatic carbocycles. The second-order valence-corrected chi connectivity index (χ2v) is 7.92. The molecule has 2 heterocycles. The normalized spacial score (nSPS) is 32.6. The number of rotatable bonds is 2. The van der Waals surface area contributed by atoms with Gasteiger partial charge in [0.05, 0.1) is 5.92 Å². The topological polar surface area (TPSA) is 46.3 Å². The fraction of sp³-hybridized carbons (Fsp3) is 0.600. The molecule has 4 atom stereocenters. The molecule has 1 aromatic carbocycles. The number of benzene rings is 1. The molecule has 3 fully saturated rings. The summed E-state index contributed by atoms with van der Waals surface area (Å²) in [6.45, 7) is 1.68. The number of likely N-dealkylation sites (tertiary alicyclic amines) is 1. The third-order valence-corrected chi connectivity index (χ3v) is 6.45. The summed E-state index contributed by atoms with van der Waals surface area (Å²) in [6, 6.07) is 7.92. The Morgan fingerprint density at radius 3 is 2.88 bits per heavy atom. The van der Waals surface area contributed by atoms with Gasteiger partial charge in [-0.3, -0.25) is 4.79 Å². The van der Waals surface area contributed by atoms with E-state index in [1.54, 1.807) is 0 Å². The van der Waals surface area contributed by atoms with Gasteiger partial charge in [-0.15, -0.1) is 0 Å². The summed E-state index contributed by atoms with van der Waals surface area (Å²) in [5.41, 5.74) is 1.77. The smallest absolute Gasteiger partial charge is 0.225 e. The molecule has 126 valence electrons. The number of hydrogen-bond donors (Lipinski definition) is 0. The van der Waals surface area contributed by atoms with Crippen LogP contribution in [0.5, 0.6) is 0 Å². The number of hydrogen-bond acceptors (Lipinski definition) is 3. The van der Waals surface area contributed by atoms with E-state index >= 15 is 0 Å². The lowest BCUT2D eigenvalue weighted by Gasteiger charge is -2.35. The average Bonchev–Trinajstić information content (AvgIpc) is 3.35. The van der Waals surface area contributed by atoms with Crippen LogP contribution in [0.15, 0.2) is 28.7 Å². The van der Waals surface area contributed by atoms with Gasteiger partial charge in [0.25, 0.3) is 0 Å². The van der Waals surface area contributed by atoms with Crippen molar-refractivity contribution in [2.45, 2.75) is 44.4 Å². The van der Waals surface area contributed by atoms with Gasteiger partial charge in [-0.25, -0.2) is 4.98 Å². The number of nitrogens with zero attached hydrogens (tertiary/aromatic N) is 2. The van der Waals surface area contributed by atoms with Crippen LogP contribution in [0.25, 0.3) is 11.1 Å². The van der Waals surface area contributed by atoms with Crippen molar-refractivity contribution in [2.75, 3.05) is 13.1 Å². The molecule has 1 amide bonds. The van der Waals surface area contributed by atoms with Gasteiger partial charge in [-0.05, 0) is 56.1 Å². The van der Waals surface area contributed by atoms with Gasteiger partial charge in [0, 0.05) is 19.0 Å². The van der Waals surface area contributed by atoms with Crippen LogP contribution in [-0.2, 0) is 4.79 Å². The Balaban J connectivity index is 1.33. The van der Waals surface area contributed by atoms with E-state index in [1.165, 1.54) is 19.3 Å². The molecule has 2 bridgehead atoms. The first-order valence-corrected chi connectivity index (χ1v) is 9.42. The van der Waals surface area contributed by atoms with E-state index in [0.717, 1.165) is 55.3 Å². The third-order valence-electron chi connectivity index (χ3n) is 6.45. The van der Waals surface area contributed by atoms with Gasteiger partial charge in [-0.1, -0.05) is 18.6 Å². The Morgan fingerprint density at radius 1 is 1.17 bits per heavy atom. The van der Waals surface area contributed by atoms with Crippen LogP contribution in [0.1, 0.15) is 50.3 Å². The van der Waals surface area contributed by atoms with Crippen LogP contribution in [-0.4, -0.2) is 28.9 Å². The van der Waals surface area contributed by atoms with Crippen LogP contribution in [0.4, 0.5) is 0 Å². The Morgan fingerprint density at radius 2 is 2.08 bits per heavy atom. The molecule has 4 heteroatoms. The minimum Gasteiger partial charge on any atom is -0.440 e. The molecule has 0 spiro atoms.